The Hall–Kier alpha value is -2.08. The van der Waals surface area contributed by atoms with E-state index in [2.05, 4.69) is 0 Å². The van der Waals surface area contributed by atoms with Gasteiger partial charge in [-0.25, -0.2) is 0 Å². The molecular weight excluding hydrogens is 216 g/mol. The van der Waals surface area contributed by atoms with Gasteiger partial charge in [0.1, 0.15) is 0 Å². The lowest BCUT2D eigenvalue weighted by atomic mass is 9.86. The minimum atomic E-state index is -0.719. The molecule has 2 aromatic carbocycles. The van der Waals surface area contributed by atoms with Gasteiger partial charge in [0.2, 0.25) is 0 Å². The smallest absolute Gasteiger partial charge is 0.0623 e. The van der Waals surface area contributed by atoms with Gasteiger partial charge in [0, 0.05) is 7.26 Å². The van der Waals surface area contributed by atoms with Gasteiger partial charge in [-0.1, -0.05) is 78.9 Å². The van der Waals surface area contributed by atoms with Gasteiger partial charge in [-0.3, -0.25) is 0 Å². The van der Waals surface area contributed by atoms with E-state index in [1.165, 1.54) is 0 Å². The number of hydrogen-bond acceptors (Lipinski definition) is 0. The van der Waals surface area contributed by atoms with Gasteiger partial charge in [-0.15, -0.1) is 0 Å². The first kappa shape index (κ1) is 8.93. The van der Waals surface area contributed by atoms with E-state index in [4.69, 9.17) is 2.74 Å². The summed E-state index contributed by atoms with van der Waals surface area (Å²) in [4.78, 5) is 0. The molecule has 0 nitrogen and oxygen atoms in total. The van der Waals surface area contributed by atoms with E-state index < -0.39 is 5.89 Å². The van der Waals surface area contributed by atoms with Gasteiger partial charge in [0.05, 0.1) is 1.37 Å². The second-order valence-corrected chi connectivity index (χ2v) is 4.41. The molecule has 0 N–H and O–H groups in total. The molecular formula is C18H16. The Morgan fingerprint density at radius 3 is 2.67 bits per heavy atom. The molecule has 1 aliphatic rings. The summed E-state index contributed by atoms with van der Waals surface area (Å²) in [5, 5.41) is 0. The van der Waals surface area contributed by atoms with Gasteiger partial charge in [-0.05, 0) is 23.1 Å². The monoisotopic (exact) mass is 234 g/mol. The molecule has 0 amide bonds. The molecule has 0 radical (unpaired) electrons. The van der Waals surface area contributed by atoms with E-state index in [1.807, 2.05) is 66.8 Å². The molecule has 0 aliphatic heterocycles. The maximum Gasteiger partial charge on any atom is 0.0623 e. The minimum absolute atomic E-state index is 0.508. The number of allylic oxidation sites excluding steroid dienone is 4. The summed E-state index contributed by atoms with van der Waals surface area (Å²) in [5.74, 6) is -0.719. The van der Waals surface area contributed by atoms with Crippen LogP contribution in [-0.2, 0) is 0 Å². The molecule has 0 spiro atoms. The zero-order chi connectivity index (χ0) is 14.0. The first-order chi connectivity index (χ1) is 9.67. The second-order valence-electron chi connectivity index (χ2n) is 4.41. The fourth-order valence-corrected chi connectivity index (χ4v) is 2.25. The van der Waals surface area contributed by atoms with E-state index in [0.717, 1.165) is 16.7 Å². The van der Waals surface area contributed by atoms with Gasteiger partial charge >= 0.3 is 0 Å². The Kier molecular flexibility index (Phi) is 2.51. The Morgan fingerprint density at radius 1 is 1.00 bits per heavy atom. The lowest BCUT2D eigenvalue weighted by molar-refractivity contribution is 0.867. The Balaban J connectivity index is 1.95. The largest absolute Gasteiger partial charge is 0.0767 e. The fraction of sp³-hybridized carbons (Fsp3) is 0.111. The van der Waals surface area contributed by atoms with Crippen LogP contribution in [0.1, 0.15) is 26.2 Å². The average molecular weight is 234 g/mol. The minimum Gasteiger partial charge on any atom is -0.0767 e. The summed E-state index contributed by atoms with van der Waals surface area (Å²) < 4.78 is 16.4. The van der Waals surface area contributed by atoms with E-state index >= 15 is 0 Å². The SMILES string of the molecule is [2H]c1cccc(C2=CC=CC([2H])(c3ccccc3)C2)c1. The van der Waals surface area contributed by atoms with Crippen LogP contribution in [-0.4, -0.2) is 0 Å². The average Bonchev–Trinajstić information content (AvgIpc) is 2.48. The maximum atomic E-state index is 8.72. The van der Waals surface area contributed by atoms with Crippen LogP contribution in [0, 0.1) is 0 Å². The molecule has 88 valence electrons. The molecule has 3 rings (SSSR count). The molecule has 0 heteroatoms. The van der Waals surface area contributed by atoms with Crippen LogP contribution in [0.4, 0.5) is 0 Å². The Bertz CT molecular complexity index is 671. The highest BCUT2D eigenvalue weighted by molar-refractivity contribution is 5.69. The number of hydrogen-bond donors (Lipinski definition) is 0. The third-order valence-electron chi connectivity index (χ3n) is 3.20. The zero-order valence-corrected chi connectivity index (χ0v) is 10.1. The van der Waals surface area contributed by atoms with Crippen molar-refractivity contribution in [3.05, 3.63) is 90.0 Å². The van der Waals surface area contributed by atoms with E-state index in [-0.39, 0.29) is 0 Å². The number of benzene rings is 2. The fourth-order valence-electron chi connectivity index (χ4n) is 2.25. The third-order valence-corrected chi connectivity index (χ3v) is 3.20. The standard InChI is InChI=1S/C18H16/c1-3-8-15(9-4-1)17-12-7-13-18(14-17)16-10-5-2-6-11-16/h1-13,17H,14H2/i5D,17D. The predicted octanol–water partition coefficient (Wildman–Crippen LogP) is 4.81. The molecule has 0 saturated carbocycles. The van der Waals surface area contributed by atoms with Crippen LogP contribution >= 0.6 is 0 Å². The van der Waals surface area contributed by atoms with Crippen molar-refractivity contribution in [1.82, 2.24) is 0 Å². The lowest BCUT2D eigenvalue weighted by Crippen LogP contribution is -2.00. The first-order valence-electron chi connectivity index (χ1n) is 7.18. The van der Waals surface area contributed by atoms with E-state index in [1.54, 1.807) is 6.07 Å². The van der Waals surface area contributed by atoms with E-state index in [0.29, 0.717) is 12.5 Å². The molecule has 0 heterocycles. The second kappa shape index (κ2) is 5.05. The summed E-state index contributed by atoms with van der Waals surface area (Å²) in [6, 6.07) is 18.0. The van der Waals surface area contributed by atoms with Crippen molar-refractivity contribution in [2.24, 2.45) is 0 Å². The van der Waals surface area contributed by atoms with Crippen molar-refractivity contribution in [1.29, 1.82) is 0 Å². The summed E-state index contributed by atoms with van der Waals surface area (Å²) >= 11 is 0. The molecule has 1 unspecified atom stereocenters. The van der Waals surface area contributed by atoms with Crippen molar-refractivity contribution in [2.75, 3.05) is 0 Å². The summed E-state index contributed by atoms with van der Waals surface area (Å²) in [6.45, 7) is 0. The molecule has 0 aromatic heterocycles. The zero-order valence-electron chi connectivity index (χ0n) is 12.1. The van der Waals surface area contributed by atoms with Crippen molar-refractivity contribution >= 4 is 5.57 Å². The summed E-state index contributed by atoms with van der Waals surface area (Å²) in [7, 11) is 0. The lowest BCUT2D eigenvalue weighted by Gasteiger charge is -2.19. The van der Waals surface area contributed by atoms with Gasteiger partial charge in [0.25, 0.3) is 0 Å². The van der Waals surface area contributed by atoms with Gasteiger partial charge in [-0.2, -0.15) is 0 Å². The molecule has 18 heavy (non-hydrogen) atoms. The van der Waals surface area contributed by atoms with Crippen LogP contribution in [0.15, 0.2) is 78.9 Å². The molecule has 0 saturated heterocycles. The molecule has 1 aliphatic carbocycles. The highest BCUT2D eigenvalue weighted by Gasteiger charge is 2.14. The van der Waals surface area contributed by atoms with Gasteiger partial charge in [0.15, 0.2) is 0 Å². The third kappa shape index (κ3) is 2.28. The van der Waals surface area contributed by atoms with Crippen LogP contribution in [0.5, 0.6) is 0 Å². The predicted molar refractivity (Wildman–Crippen MR) is 77.4 cm³/mol. The van der Waals surface area contributed by atoms with Crippen molar-refractivity contribution in [2.45, 2.75) is 12.3 Å². The summed E-state index contributed by atoms with van der Waals surface area (Å²) in [5.41, 5.74) is 3.15. The van der Waals surface area contributed by atoms with Crippen LogP contribution in [0.25, 0.3) is 5.57 Å². The van der Waals surface area contributed by atoms with E-state index in [9.17, 15) is 0 Å². The highest BCUT2D eigenvalue weighted by Crippen LogP contribution is 2.33. The van der Waals surface area contributed by atoms with Crippen LogP contribution in [0.3, 0.4) is 0 Å². The topological polar surface area (TPSA) is 0 Å². The van der Waals surface area contributed by atoms with Crippen molar-refractivity contribution in [3.63, 3.8) is 0 Å². The van der Waals surface area contributed by atoms with Gasteiger partial charge < -0.3 is 0 Å². The molecule has 0 fully saturated rings. The maximum absolute atomic E-state index is 8.72. The normalized spacial score (nSPS) is 24.1. The van der Waals surface area contributed by atoms with Crippen LogP contribution in [0.2, 0.25) is 0 Å². The Labute approximate surface area is 111 Å². The summed E-state index contributed by atoms with van der Waals surface area (Å²) in [6.07, 6.45) is 6.58. The first-order valence-corrected chi connectivity index (χ1v) is 6.18. The quantitative estimate of drug-likeness (QED) is 0.699. The highest BCUT2D eigenvalue weighted by atomic mass is 14.2. The number of rotatable bonds is 2. The molecule has 1 atom stereocenters. The van der Waals surface area contributed by atoms with Crippen molar-refractivity contribution in [3.8, 4) is 0 Å². The molecule has 0 bridgehead atoms. The van der Waals surface area contributed by atoms with Crippen molar-refractivity contribution < 1.29 is 2.74 Å². The van der Waals surface area contributed by atoms with Crippen LogP contribution < -0.4 is 0 Å². The Morgan fingerprint density at radius 2 is 1.83 bits per heavy atom. The molecule has 2 aromatic rings.